The molecule has 0 radical (unpaired) electrons. The number of nitrogens with zero attached hydrogens (tertiary/aromatic N) is 2. The van der Waals surface area contributed by atoms with E-state index in [1.807, 2.05) is 72.8 Å². The van der Waals surface area contributed by atoms with E-state index >= 15 is 0 Å². The fourth-order valence-electron chi connectivity index (χ4n) is 5.42. The van der Waals surface area contributed by atoms with Crippen LogP contribution in [0.1, 0.15) is 36.6 Å². The first-order chi connectivity index (χ1) is 21.0. The van der Waals surface area contributed by atoms with Crippen molar-refractivity contribution in [3.63, 3.8) is 0 Å². The molecule has 1 atom stereocenters. The van der Waals surface area contributed by atoms with Gasteiger partial charge >= 0.3 is 5.97 Å². The lowest BCUT2D eigenvalue weighted by molar-refractivity contribution is -0.139. The molecule has 1 aliphatic rings. The van der Waals surface area contributed by atoms with Gasteiger partial charge in [-0.15, -0.1) is 0 Å². The number of carbonyl (C=O) groups excluding carboxylic acids is 1. The van der Waals surface area contributed by atoms with E-state index in [4.69, 9.17) is 14.2 Å². The molecular weight excluding hydrogens is 560 g/mol. The van der Waals surface area contributed by atoms with Gasteiger partial charge in [-0.3, -0.25) is 9.36 Å². The SMILES string of the molecule is CCOC(=O)C1=C(C)N=c2s/c(=C/c3ccccc3OCc3cccc4ccccc34)c(=O)n2[C@@H]1c1ccccc1OC. The number of benzene rings is 4. The van der Waals surface area contributed by atoms with Crippen LogP contribution in [0.5, 0.6) is 11.5 Å². The Hall–Kier alpha value is -4.95. The van der Waals surface area contributed by atoms with Crippen molar-refractivity contribution in [2.75, 3.05) is 13.7 Å². The Balaban J connectivity index is 1.44. The Bertz CT molecular complexity index is 2050. The molecule has 0 N–H and O–H groups in total. The first kappa shape index (κ1) is 28.2. The van der Waals surface area contributed by atoms with E-state index in [2.05, 4.69) is 29.3 Å². The Morgan fingerprint density at radius 1 is 0.953 bits per heavy atom. The Morgan fingerprint density at radius 2 is 1.67 bits per heavy atom. The number of esters is 1. The van der Waals surface area contributed by atoms with Crippen LogP contribution in [0.15, 0.2) is 112 Å². The Kier molecular flexibility index (Phi) is 7.94. The molecule has 0 amide bonds. The van der Waals surface area contributed by atoms with Crippen molar-refractivity contribution < 1.29 is 19.0 Å². The van der Waals surface area contributed by atoms with Gasteiger partial charge < -0.3 is 14.2 Å². The van der Waals surface area contributed by atoms with Crippen molar-refractivity contribution in [3.8, 4) is 11.5 Å². The lowest BCUT2D eigenvalue weighted by Gasteiger charge is -2.25. The molecule has 6 rings (SSSR count). The second-order valence-electron chi connectivity index (χ2n) is 10.0. The van der Waals surface area contributed by atoms with E-state index in [1.165, 1.54) is 11.3 Å². The molecule has 7 nitrogen and oxygen atoms in total. The number of carbonyl (C=O) groups is 1. The summed E-state index contributed by atoms with van der Waals surface area (Å²) < 4.78 is 19.4. The van der Waals surface area contributed by atoms with Gasteiger partial charge in [-0.05, 0) is 48.4 Å². The van der Waals surface area contributed by atoms with E-state index in [1.54, 1.807) is 25.5 Å². The van der Waals surface area contributed by atoms with Gasteiger partial charge in [-0.2, -0.15) is 0 Å². The number of rotatable bonds is 8. The third-order valence-corrected chi connectivity index (χ3v) is 8.40. The third kappa shape index (κ3) is 5.37. The summed E-state index contributed by atoms with van der Waals surface area (Å²) in [6.45, 7) is 4.10. The number of thiazole rings is 1. The highest BCUT2D eigenvalue weighted by Gasteiger charge is 2.35. The quantitative estimate of drug-likeness (QED) is 0.222. The minimum absolute atomic E-state index is 0.203. The van der Waals surface area contributed by atoms with E-state index in [-0.39, 0.29) is 12.2 Å². The smallest absolute Gasteiger partial charge is 0.338 e. The number of para-hydroxylation sites is 2. The summed E-state index contributed by atoms with van der Waals surface area (Å²) in [5, 5.41) is 2.29. The maximum Gasteiger partial charge on any atom is 0.338 e. The molecule has 0 fully saturated rings. The zero-order valence-electron chi connectivity index (χ0n) is 24.1. The van der Waals surface area contributed by atoms with Gasteiger partial charge in [0.2, 0.25) is 0 Å². The second-order valence-corrected chi connectivity index (χ2v) is 11.0. The highest BCUT2D eigenvalue weighted by Crippen LogP contribution is 2.35. The highest BCUT2D eigenvalue weighted by atomic mass is 32.1. The third-order valence-electron chi connectivity index (χ3n) is 7.42. The summed E-state index contributed by atoms with van der Waals surface area (Å²) in [4.78, 5) is 32.5. The molecule has 0 aliphatic carbocycles. The molecule has 8 heteroatoms. The molecule has 4 aromatic carbocycles. The first-order valence-corrected chi connectivity index (χ1v) is 14.8. The first-order valence-electron chi connectivity index (χ1n) is 14.0. The summed E-state index contributed by atoms with van der Waals surface area (Å²) in [5.41, 5.74) is 3.06. The minimum Gasteiger partial charge on any atom is -0.496 e. The molecular formula is C35H30N2O5S. The standard InChI is InChI=1S/C35H30N2O5S/c1-4-41-34(39)31-22(2)36-35-37(32(31)27-17-8-10-19-29(27)40-3)33(38)30(43-35)20-24-13-6-9-18-28(24)42-21-25-15-11-14-23-12-5-7-16-26(23)25/h5-20,32H,4,21H2,1-3H3/b30-20+/t32-/m1/s1. The van der Waals surface area contributed by atoms with Gasteiger partial charge in [0.15, 0.2) is 4.80 Å². The maximum atomic E-state index is 14.1. The number of hydrogen-bond acceptors (Lipinski definition) is 7. The minimum atomic E-state index is -0.758. The van der Waals surface area contributed by atoms with E-state index in [0.29, 0.717) is 44.3 Å². The zero-order valence-corrected chi connectivity index (χ0v) is 24.9. The average Bonchev–Trinajstić information content (AvgIpc) is 3.33. The van der Waals surface area contributed by atoms with E-state index < -0.39 is 12.0 Å². The highest BCUT2D eigenvalue weighted by molar-refractivity contribution is 7.07. The van der Waals surface area contributed by atoms with Crippen LogP contribution in [-0.2, 0) is 16.1 Å². The van der Waals surface area contributed by atoms with Crippen LogP contribution < -0.4 is 24.4 Å². The lowest BCUT2D eigenvalue weighted by atomic mass is 9.95. The van der Waals surface area contributed by atoms with Crippen LogP contribution in [0.4, 0.5) is 0 Å². The summed E-state index contributed by atoms with van der Waals surface area (Å²) in [6, 6.07) is 28.6. The molecule has 1 aromatic heterocycles. The zero-order chi connectivity index (χ0) is 29.9. The van der Waals surface area contributed by atoms with Crippen LogP contribution in [0, 0.1) is 0 Å². The van der Waals surface area contributed by atoms with Crippen molar-refractivity contribution in [2.24, 2.45) is 4.99 Å². The van der Waals surface area contributed by atoms with Crippen LogP contribution in [0.25, 0.3) is 16.8 Å². The van der Waals surface area contributed by atoms with Gasteiger partial charge in [0.1, 0.15) is 24.1 Å². The van der Waals surface area contributed by atoms with Gasteiger partial charge in [0.05, 0.1) is 29.5 Å². The van der Waals surface area contributed by atoms with Crippen LogP contribution in [-0.4, -0.2) is 24.3 Å². The molecule has 0 bridgehead atoms. The van der Waals surface area contributed by atoms with Crippen LogP contribution in [0.3, 0.4) is 0 Å². The normalized spacial score (nSPS) is 14.8. The maximum absolute atomic E-state index is 14.1. The van der Waals surface area contributed by atoms with Crippen molar-refractivity contribution in [1.29, 1.82) is 0 Å². The van der Waals surface area contributed by atoms with Gasteiger partial charge in [0, 0.05) is 11.1 Å². The molecule has 5 aromatic rings. The predicted molar refractivity (Wildman–Crippen MR) is 168 cm³/mol. The summed E-state index contributed by atoms with van der Waals surface area (Å²) in [7, 11) is 1.57. The topological polar surface area (TPSA) is 79.1 Å². The summed E-state index contributed by atoms with van der Waals surface area (Å²) in [6.07, 6.45) is 1.82. The van der Waals surface area contributed by atoms with Crippen LogP contribution >= 0.6 is 11.3 Å². The van der Waals surface area contributed by atoms with Gasteiger partial charge in [-0.25, -0.2) is 9.79 Å². The fourth-order valence-corrected chi connectivity index (χ4v) is 6.46. The molecule has 1 aliphatic heterocycles. The predicted octanol–water partition coefficient (Wildman–Crippen LogP) is 5.54. The van der Waals surface area contributed by atoms with Crippen molar-refractivity contribution >= 4 is 34.2 Å². The monoisotopic (exact) mass is 590 g/mol. The number of hydrogen-bond donors (Lipinski definition) is 0. The number of aromatic nitrogens is 1. The molecule has 2 heterocycles. The van der Waals surface area contributed by atoms with Crippen LogP contribution in [0.2, 0.25) is 0 Å². The largest absolute Gasteiger partial charge is 0.496 e. The summed E-state index contributed by atoms with van der Waals surface area (Å²) in [5.74, 6) is 0.706. The average molecular weight is 591 g/mol. The van der Waals surface area contributed by atoms with E-state index in [0.717, 1.165) is 21.9 Å². The van der Waals surface area contributed by atoms with Crippen molar-refractivity contribution in [1.82, 2.24) is 4.57 Å². The van der Waals surface area contributed by atoms with Gasteiger partial charge in [0.25, 0.3) is 5.56 Å². The molecule has 216 valence electrons. The van der Waals surface area contributed by atoms with Crippen molar-refractivity contribution in [3.05, 3.63) is 139 Å². The lowest BCUT2D eigenvalue weighted by Crippen LogP contribution is -2.40. The number of fused-ring (bicyclic) bond motifs is 2. The van der Waals surface area contributed by atoms with Crippen molar-refractivity contribution in [2.45, 2.75) is 26.5 Å². The molecule has 43 heavy (non-hydrogen) atoms. The molecule has 0 saturated carbocycles. The Morgan fingerprint density at radius 3 is 2.49 bits per heavy atom. The van der Waals surface area contributed by atoms with Gasteiger partial charge in [-0.1, -0.05) is 90.2 Å². The number of methoxy groups -OCH3 is 1. The number of allylic oxidation sites excluding steroid dienone is 1. The fraction of sp³-hybridized carbons (Fsp3) is 0.171. The molecule has 0 saturated heterocycles. The van der Waals surface area contributed by atoms with E-state index in [9.17, 15) is 9.59 Å². The second kappa shape index (κ2) is 12.1. The summed E-state index contributed by atoms with van der Waals surface area (Å²) >= 11 is 1.27. The number of ether oxygens (including phenoxy) is 3. The Labute approximate surface area is 252 Å². The molecule has 0 spiro atoms. The molecule has 0 unspecified atom stereocenters.